The molecule has 0 saturated heterocycles. The number of rotatable bonds is 13. The van der Waals surface area contributed by atoms with Crippen LogP contribution in [0.4, 0.5) is 0 Å². The number of aryl methyl sites for hydroxylation is 1. The first-order valence-electron chi connectivity index (χ1n) is 20.2. The summed E-state index contributed by atoms with van der Waals surface area (Å²) in [7, 11) is 0. The van der Waals surface area contributed by atoms with Crippen molar-refractivity contribution in [2.45, 2.75) is 77.4 Å². The molecular weight excluding hydrogens is 741 g/mol. The largest absolute Gasteiger partial charge is 0.489 e. The van der Waals surface area contributed by atoms with Crippen molar-refractivity contribution in [2.24, 2.45) is 0 Å². The lowest BCUT2D eigenvalue weighted by Gasteiger charge is -2.42. The lowest BCUT2D eigenvalue weighted by molar-refractivity contribution is -0.143. The van der Waals surface area contributed by atoms with Crippen molar-refractivity contribution < 1.29 is 28.9 Å². The van der Waals surface area contributed by atoms with Gasteiger partial charge in [-0.15, -0.1) is 0 Å². The molecule has 59 heavy (non-hydrogen) atoms. The number of carbonyl (C=O) groups is 2. The minimum Gasteiger partial charge on any atom is -0.489 e. The summed E-state index contributed by atoms with van der Waals surface area (Å²) in [5.74, 6) is 0.630. The standard InChI is InChI=1S/C49H48N4O6/c1-4-43(36-10-6-5-7-11-36)53-28-39-26-46-45(58-30-47(59-46)37-16-18-40(19-17-37)57-29-34-9-8-21-50-27-34)25-38(39)24-44(53)48(54)52-42(49(55)56)23-33-12-14-35(15-13-33)41-20-22-51-32(3)31(41)2/h5-22,25-27,42-44,47H,4,23-24,28-30H2,1-3H3,(H,52,54)(H,55,56). The van der Waals surface area contributed by atoms with Crippen LogP contribution in [0.15, 0.2) is 128 Å². The van der Waals surface area contributed by atoms with Crippen LogP contribution in [-0.2, 0) is 35.6 Å². The minimum atomic E-state index is -1.11. The Labute approximate surface area is 344 Å². The number of carbonyl (C=O) groups excluding carboxylic acids is 1. The molecule has 4 heterocycles. The van der Waals surface area contributed by atoms with Crippen LogP contribution in [0.3, 0.4) is 0 Å². The van der Waals surface area contributed by atoms with Crippen molar-refractivity contribution in [1.82, 2.24) is 20.2 Å². The second kappa shape index (κ2) is 17.5. The molecule has 300 valence electrons. The van der Waals surface area contributed by atoms with E-state index in [0.717, 1.165) is 67.9 Å². The smallest absolute Gasteiger partial charge is 0.326 e. The number of ether oxygens (including phenoxy) is 3. The molecule has 2 aromatic heterocycles. The molecule has 1 amide bonds. The highest BCUT2D eigenvalue weighted by Crippen LogP contribution is 2.42. The molecule has 4 unspecified atom stereocenters. The van der Waals surface area contributed by atoms with E-state index >= 15 is 0 Å². The highest BCUT2D eigenvalue weighted by Gasteiger charge is 2.38. The van der Waals surface area contributed by atoms with Gasteiger partial charge < -0.3 is 24.6 Å². The quantitative estimate of drug-likeness (QED) is 0.119. The molecule has 2 aliphatic rings. The number of hydrogen-bond donors (Lipinski definition) is 2. The summed E-state index contributed by atoms with van der Waals surface area (Å²) >= 11 is 0. The number of nitrogens with zero attached hydrogens (tertiary/aromatic N) is 3. The van der Waals surface area contributed by atoms with Crippen LogP contribution in [0.2, 0.25) is 0 Å². The molecule has 6 aromatic rings. The Hall–Kier alpha value is -6.52. The number of benzene rings is 4. The van der Waals surface area contributed by atoms with Crippen LogP contribution in [0.25, 0.3) is 11.1 Å². The van der Waals surface area contributed by atoms with E-state index in [4.69, 9.17) is 14.2 Å². The molecule has 2 N–H and O–H groups in total. The van der Waals surface area contributed by atoms with Crippen molar-refractivity contribution in [3.05, 3.63) is 172 Å². The number of carboxylic acids is 1. The molecule has 8 rings (SSSR count). The normalized spacial score (nSPS) is 17.0. The number of hydrogen-bond acceptors (Lipinski definition) is 8. The molecule has 10 nitrogen and oxygen atoms in total. The average Bonchev–Trinajstić information content (AvgIpc) is 3.26. The van der Waals surface area contributed by atoms with E-state index in [1.165, 1.54) is 0 Å². The van der Waals surface area contributed by atoms with Crippen molar-refractivity contribution >= 4 is 11.9 Å². The van der Waals surface area contributed by atoms with Gasteiger partial charge in [0, 0.05) is 48.9 Å². The van der Waals surface area contributed by atoms with Gasteiger partial charge in [-0.1, -0.05) is 79.7 Å². The lowest BCUT2D eigenvalue weighted by Crippen LogP contribution is -2.55. The second-order valence-corrected chi connectivity index (χ2v) is 15.3. The zero-order valence-electron chi connectivity index (χ0n) is 33.5. The lowest BCUT2D eigenvalue weighted by atomic mass is 9.89. The van der Waals surface area contributed by atoms with E-state index in [0.29, 0.717) is 37.7 Å². The third kappa shape index (κ3) is 8.83. The maximum Gasteiger partial charge on any atom is 0.326 e. The summed E-state index contributed by atoms with van der Waals surface area (Å²) in [6, 6.07) is 33.9. The molecule has 0 aliphatic carbocycles. The van der Waals surface area contributed by atoms with Gasteiger partial charge >= 0.3 is 5.97 Å². The van der Waals surface area contributed by atoms with E-state index in [-0.39, 0.29) is 24.5 Å². The Morgan fingerprint density at radius 2 is 1.68 bits per heavy atom. The van der Waals surface area contributed by atoms with E-state index in [1.807, 2.05) is 111 Å². The Morgan fingerprint density at radius 3 is 2.41 bits per heavy atom. The third-order valence-corrected chi connectivity index (χ3v) is 11.5. The summed E-state index contributed by atoms with van der Waals surface area (Å²) in [5.41, 5.74) is 10.1. The van der Waals surface area contributed by atoms with Crippen molar-refractivity contribution in [2.75, 3.05) is 6.61 Å². The third-order valence-electron chi connectivity index (χ3n) is 11.5. The monoisotopic (exact) mass is 788 g/mol. The fraction of sp³-hybridized carbons (Fsp3) is 0.265. The summed E-state index contributed by atoms with van der Waals surface area (Å²) < 4.78 is 18.8. The maximum atomic E-state index is 14.4. The maximum absolute atomic E-state index is 14.4. The van der Waals surface area contributed by atoms with Crippen LogP contribution in [0.1, 0.15) is 70.1 Å². The molecule has 0 fully saturated rings. The topological polar surface area (TPSA) is 123 Å². The summed E-state index contributed by atoms with van der Waals surface area (Å²) in [6.07, 6.45) is 6.30. The van der Waals surface area contributed by atoms with Crippen molar-refractivity contribution in [3.63, 3.8) is 0 Å². The summed E-state index contributed by atoms with van der Waals surface area (Å²) in [4.78, 5) is 37.9. The van der Waals surface area contributed by atoms with Gasteiger partial charge in [0.25, 0.3) is 0 Å². The predicted octanol–water partition coefficient (Wildman–Crippen LogP) is 8.54. The first-order chi connectivity index (χ1) is 28.7. The second-order valence-electron chi connectivity index (χ2n) is 15.3. The minimum absolute atomic E-state index is 0.0870. The van der Waals surface area contributed by atoms with Gasteiger partial charge in [0.2, 0.25) is 5.91 Å². The average molecular weight is 789 g/mol. The molecule has 0 bridgehead atoms. The number of nitrogens with one attached hydrogen (secondary N) is 1. The van der Waals surface area contributed by atoms with Crippen LogP contribution in [-0.4, -0.2) is 50.5 Å². The fourth-order valence-electron chi connectivity index (χ4n) is 8.15. The Balaban J connectivity index is 1.00. The Morgan fingerprint density at radius 1 is 0.898 bits per heavy atom. The highest BCUT2D eigenvalue weighted by molar-refractivity contribution is 5.87. The first-order valence-corrected chi connectivity index (χ1v) is 20.2. The molecule has 10 heteroatoms. The molecule has 4 aromatic carbocycles. The van der Waals surface area contributed by atoms with E-state index in [2.05, 4.69) is 39.2 Å². The number of pyridine rings is 2. The molecule has 2 aliphatic heterocycles. The summed E-state index contributed by atoms with van der Waals surface area (Å²) in [5, 5.41) is 13.3. The van der Waals surface area contributed by atoms with Crippen LogP contribution in [0.5, 0.6) is 17.2 Å². The van der Waals surface area contributed by atoms with E-state index < -0.39 is 18.1 Å². The molecule has 0 saturated carbocycles. The van der Waals surface area contributed by atoms with Crippen LogP contribution in [0, 0.1) is 13.8 Å². The summed E-state index contributed by atoms with van der Waals surface area (Å²) in [6.45, 7) is 7.37. The molecule has 0 radical (unpaired) electrons. The zero-order chi connectivity index (χ0) is 40.9. The van der Waals surface area contributed by atoms with Gasteiger partial charge in [0.05, 0.1) is 6.04 Å². The molecular formula is C49H48N4O6. The highest BCUT2D eigenvalue weighted by atomic mass is 16.6. The van der Waals surface area contributed by atoms with Crippen LogP contribution < -0.4 is 19.5 Å². The number of fused-ring (bicyclic) bond motifs is 2. The number of carboxylic acid groups (broad SMARTS) is 1. The van der Waals surface area contributed by atoms with Crippen LogP contribution >= 0.6 is 0 Å². The molecule has 4 atom stereocenters. The SMILES string of the molecule is CCC(c1ccccc1)N1Cc2cc3c(cc2CC1C(=O)NC(Cc1ccc(-c2ccnc(C)c2C)cc1)C(=O)O)OCC(c1ccc(OCc2cccnc2)cc1)O3. The molecule has 0 spiro atoms. The fourth-order valence-corrected chi connectivity index (χ4v) is 8.15. The Bertz CT molecular complexity index is 2410. The van der Waals surface area contributed by atoms with Gasteiger partial charge in [0.15, 0.2) is 17.6 Å². The van der Waals surface area contributed by atoms with Gasteiger partial charge in [-0.05, 0) is 108 Å². The predicted molar refractivity (Wildman–Crippen MR) is 225 cm³/mol. The Kier molecular flexibility index (Phi) is 11.7. The van der Waals surface area contributed by atoms with Crippen molar-refractivity contribution in [1.29, 1.82) is 0 Å². The first kappa shape index (κ1) is 39.3. The van der Waals surface area contributed by atoms with E-state index in [1.54, 1.807) is 18.6 Å². The van der Waals surface area contributed by atoms with Gasteiger partial charge in [-0.3, -0.25) is 19.7 Å². The van der Waals surface area contributed by atoms with Gasteiger partial charge in [-0.25, -0.2) is 4.79 Å². The van der Waals surface area contributed by atoms with E-state index in [9.17, 15) is 14.7 Å². The zero-order valence-corrected chi connectivity index (χ0v) is 33.5. The number of aliphatic carboxylic acids is 1. The number of aromatic nitrogens is 2. The van der Waals surface area contributed by atoms with Gasteiger partial charge in [0.1, 0.15) is 25.0 Å². The van der Waals surface area contributed by atoms with Crippen molar-refractivity contribution in [3.8, 4) is 28.4 Å². The number of amides is 1. The van der Waals surface area contributed by atoms with Gasteiger partial charge in [-0.2, -0.15) is 0 Å².